The van der Waals surface area contributed by atoms with Crippen LogP contribution in [-0.4, -0.2) is 33.1 Å². The first-order valence-corrected chi connectivity index (χ1v) is 13.3. The summed E-state index contributed by atoms with van der Waals surface area (Å²) in [5.41, 5.74) is -0.281. The summed E-state index contributed by atoms with van der Waals surface area (Å²) in [6, 6.07) is 0. The highest BCUT2D eigenvalue weighted by atomic mass is 16.3. The van der Waals surface area contributed by atoms with Gasteiger partial charge in [0.05, 0.1) is 17.8 Å². The minimum atomic E-state index is -0.675. The lowest BCUT2D eigenvalue weighted by molar-refractivity contribution is -0.220. The fraction of sp³-hybridized carbons (Fsp3) is 1.00. The van der Waals surface area contributed by atoms with Gasteiger partial charge in [0, 0.05) is 0 Å². The van der Waals surface area contributed by atoms with Crippen molar-refractivity contribution >= 4 is 0 Å². The maximum Gasteiger partial charge on any atom is 0.0651 e. The van der Waals surface area contributed by atoms with Crippen molar-refractivity contribution in [3.05, 3.63) is 0 Å². The van der Waals surface area contributed by atoms with Gasteiger partial charge in [-0.1, -0.05) is 41.5 Å². The summed E-state index contributed by atoms with van der Waals surface area (Å²) in [4.78, 5) is 0. The maximum absolute atomic E-state index is 11.6. The van der Waals surface area contributed by atoms with Crippen LogP contribution in [-0.2, 0) is 0 Å². The monoisotopic (exact) mass is 434 g/mol. The Morgan fingerprint density at radius 1 is 0.903 bits per heavy atom. The van der Waals surface area contributed by atoms with Crippen molar-refractivity contribution in [1.82, 2.24) is 0 Å². The van der Waals surface area contributed by atoms with E-state index in [1.54, 1.807) is 0 Å². The Hall–Kier alpha value is -0.120. The smallest absolute Gasteiger partial charge is 0.0651 e. The van der Waals surface area contributed by atoms with Crippen LogP contribution in [0.5, 0.6) is 0 Å². The molecule has 4 saturated carbocycles. The molecule has 3 N–H and O–H groups in total. The Balaban J connectivity index is 1.62. The molecular formula is C28H50O3. The zero-order valence-corrected chi connectivity index (χ0v) is 21.3. The third-order valence-corrected chi connectivity index (χ3v) is 11.6. The van der Waals surface area contributed by atoms with Gasteiger partial charge in [-0.3, -0.25) is 0 Å². The van der Waals surface area contributed by atoms with Gasteiger partial charge in [0.2, 0.25) is 0 Å². The van der Waals surface area contributed by atoms with Gasteiger partial charge in [0.25, 0.3) is 0 Å². The number of aliphatic hydroxyl groups is 3. The molecule has 6 unspecified atom stereocenters. The molecule has 10 atom stereocenters. The summed E-state index contributed by atoms with van der Waals surface area (Å²) in [7, 11) is 0. The lowest BCUT2D eigenvalue weighted by atomic mass is 9.38. The molecule has 0 aromatic heterocycles. The number of aliphatic hydroxyl groups excluding tert-OH is 2. The Bertz CT molecular complexity index is 669. The van der Waals surface area contributed by atoms with Gasteiger partial charge < -0.3 is 15.3 Å². The topological polar surface area (TPSA) is 60.7 Å². The van der Waals surface area contributed by atoms with E-state index in [1.807, 2.05) is 6.92 Å². The van der Waals surface area contributed by atoms with Gasteiger partial charge >= 0.3 is 0 Å². The minimum Gasteiger partial charge on any atom is -0.393 e. The van der Waals surface area contributed by atoms with E-state index in [0.29, 0.717) is 23.7 Å². The van der Waals surface area contributed by atoms with Crippen molar-refractivity contribution in [2.24, 2.45) is 51.8 Å². The van der Waals surface area contributed by atoms with Crippen molar-refractivity contribution in [3.8, 4) is 0 Å². The van der Waals surface area contributed by atoms with Crippen LogP contribution >= 0.6 is 0 Å². The van der Waals surface area contributed by atoms with Crippen LogP contribution in [0, 0.1) is 51.8 Å². The molecule has 0 saturated heterocycles. The van der Waals surface area contributed by atoms with Crippen LogP contribution in [0.2, 0.25) is 0 Å². The van der Waals surface area contributed by atoms with Crippen molar-refractivity contribution in [2.45, 2.75) is 124 Å². The molecule has 4 aliphatic rings. The fourth-order valence-corrected chi connectivity index (χ4v) is 9.78. The normalized spacial score (nSPS) is 51.0. The highest BCUT2D eigenvalue weighted by molar-refractivity contribution is 5.16. The molecule has 0 aromatic rings. The fourth-order valence-electron chi connectivity index (χ4n) is 9.78. The van der Waals surface area contributed by atoms with Crippen molar-refractivity contribution < 1.29 is 15.3 Å². The number of fused-ring (bicyclic) bond motifs is 5. The van der Waals surface area contributed by atoms with E-state index in [0.717, 1.165) is 44.9 Å². The summed E-state index contributed by atoms with van der Waals surface area (Å²) in [5.74, 6) is 2.62. The third kappa shape index (κ3) is 3.55. The van der Waals surface area contributed by atoms with Crippen LogP contribution in [0.15, 0.2) is 0 Å². The van der Waals surface area contributed by atoms with E-state index in [1.165, 1.54) is 12.8 Å². The molecule has 180 valence electrons. The van der Waals surface area contributed by atoms with Gasteiger partial charge in [-0.15, -0.1) is 0 Å². The molecule has 4 aliphatic carbocycles. The van der Waals surface area contributed by atoms with Crippen molar-refractivity contribution in [1.29, 1.82) is 0 Å². The second-order valence-corrected chi connectivity index (χ2v) is 14.0. The van der Waals surface area contributed by atoms with Crippen molar-refractivity contribution in [2.75, 3.05) is 0 Å². The summed E-state index contributed by atoms with van der Waals surface area (Å²) in [6.07, 6.45) is 8.87. The molecular weight excluding hydrogens is 384 g/mol. The van der Waals surface area contributed by atoms with Crippen LogP contribution in [0.1, 0.15) is 106 Å². The third-order valence-electron chi connectivity index (χ3n) is 11.6. The number of hydrogen-bond acceptors (Lipinski definition) is 3. The van der Waals surface area contributed by atoms with E-state index >= 15 is 0 Å². The summed E-state index contributed by atoms with van der Waals surface area (Å²) in [6.45, 7) is 16.1. The van der Waals surface area contributed by atoms with E-state index in [-0.39, 0.29) is 40.3 Å². The quantitative estimate of drug-likeness (QED) is 0.524. The largest absolute Gasteiger partial charge is 0.393 e. The predicted octanol–water partition coefficient (Wildman–Crippen LogP) is 5.80. The second kappa shape index (κ2) is 7.70. The average molecular weight is 435 g/mol. The minimum absolute atomic E-state index is 0.0468. The van der Waals surface area contributed by atoms with E-state index in [4.69, 9.17) is 0 Å². The molecule has 0 heterocycles. The van der Waals surface area contributed by atoms with Crippen LogP contribution in [0.4, 0.5) is 0 Å². The molecule has 3 nitrogen and oxygen atoms in total. The lowest BCUT2D eigenvalue weighted by Gasteiger charge is -2.67. The molecule has 0 bridgehead atoms. The molecule has 0 aromatic carbocycles. The highest BCUT2D eigenvalue weighted by Crippen LogP contribution is 2.71. The van der Waals surface area contributed by atoms with E-state index in [2.05, 4.69) is 41.5 Å². The summed E-state index contributed by atoms with van der Waals surface area (Å²) < 4.78 is 0. The number of hydrogen-bond donors (Lipinski definition) is 3. The Kier molecular flexibility index (Phi) is 5.97. The first kappa shape index (κ1) is 24.0. The maximum atomic E-state index is 11.6. The molecule has 0 radical (unpaired) electrons. The molecule has 0 amide bonds. The zero-order chi connectivity index (χ0) is 23.0. The molecule has 4 rings (SSSR count). The highest BCUT2D eigenvalue weighted by Gasteiger charge is 2.67. The van der Waals surface area contributed by atoms with Gasteiger partial charge in [0.1, 0.15) is 0 Å². The Morgan fingerprint density at radius 3 is 2.19 bits per heavy atom. The van der Waals surface area contributed by atoms with Crippen LogP contribution in [0.25, 0.3) is 0 Å². The summed E-state index contributed by atoms with van der Waals surface area (Å²) in [5, 5.41) is 33.9. The molecule has 4 fully saturated rings. The number of rotatable bonds is 4. The van der Waals surface area contributed by atoms with Crippen LogP contribution < -0.4 is 0 Å². The van der Waals surface area contributed by atoms with Crippen molar-refractivity contribution in [3.63, 3.8) is 0 Å². The van der Waals surface area contributed by atoms with Crippen LogP contribution in [0.3, 0.4) is 0 Å². The second-order valence-electron chi connectivity index (χ2n) is 14.0. The molecule has 0 spiro atoms. The van der Waals surface area contributed by atoms with Gasteiger partial charge in [-0.05, 0) is 116 Å². The molecule has 3 heteroatoms. The lowest BCUT2D eigenvalue weighted by Crippen LogP contribution is -2.63. The van der Waals surface area contributed by atoms with E-state index in [9.17, 15) is 15.3 Å². The SMILES string of the molecule is CC(C)CC[C@](C)(O)C1CCC2C1C(O)CC1[C@@]2(C)CCC2C(C)(C)[C@@H](O)CC[C@@]21C. The van der Waals surface area contributed by atoms with E-state index < -0.39 is 5.60 Å². The van der Waals surface area contributed by atoms with Gasteiger partial charge in [-0.25, -0.2) is 0 Å². The van der Waals surface area contributed by atoms with Gasteiger partial charge in [0.15, 0.2) is 0 Å². The first-order chi connectivity index (χ1) is 14.2. The predicted molar refractivity (Wildman–Crippen MR) is 126 cm³/mol. The summed E-state index contributed by atoms with van der Waals surface area (Å²) >= 11 is 0. The molecule has 31 heavy (non-hydrogen) atoms. The standard InChI is InChI=1S/C28H50O3/c1-17(2)10-15-28(7,31)19-9-8-18-24(19)20(29)16-22-26(18,5)13-11-21-25(3,4)23(30)12-14-27(21,22)6/h17-24,29-31H,8-16H2,1-7H3/t18?,19?,20?,21?,22?,23-,24?,26-,27-,28-/m0/s1. The zero-order valence-electron chi connectivity index (χ0n) is 21.3. The Labute approximate surface area is 191 Å². The van der Waals surface area contributed by atoms with Gasteiger partial charge in [-0.2, -0.15) is 0 Å². The first-order valence-electron chi connectivity index (χ1n) is 13.3. The molecule has 0 aliphatic heterocycles. The average Bonchev–Trinajstić information content (AvgIpc) is 3.14. The Morgan fingerprint density at radius 2 is 1.55 bits per heavy atom.